The third-order valence-corrected chi connectivity index (χ3v) is 2.10. The molecule has 0 aromatic rings. The molecule has 1 heterocycles. The van der Waals surface area contributed by atoms with E-state index in [2.05, 4.69) is 0 Å². The molecule has 1 rings (SSSR count). The lowest BCUT2D eigenvalue weighted by Crippen LogP contribution is -2.37. The predicted molar refractivity (Wildman–Crippen MR) is 46.0 cm³/mol. The molecule has 3 amide bonds. The molecule has 5 heteroatoms. The monoisotopic (exact) mass is 186 g/mol. The normalized spacial score (nSPS) is 19.9. The van der Waals surface area contributed by atoms with E-state index in [1.54, 1.807) is 14.0 Å². The Labute approximate surface area is 76.9 Å². The van der Waals surface area contributed by atoms with Gasteiger partial charge in [-0.1, -0.05) is 6.92 Å². The smallest absolute Gasteiger partial charge is 0.327 e. The summed E-state index contributed by atoms with van der Waals surface area (Å²) in [4.78, 5) is 24.9. The van der Waals surface area contributed by atoms with Crippen LogP contribution in [0.25, 0.3) is 0 Å². The zero-order chi connectivity index (χ0) is 10.0. The molecule has 0 spiro atoms. The fraction of sp³-hybridized carbons (Fsp3) is 0.750. The maximum absolute atomic E-state index is 11.3. The van der Waals surface area contributed by atoms with E-state index in [-0.39, 0.29) is 25.0 Å². The lowest BCUT2D eigenvalue weighted by atomic mass is 10.2. The molecule has 0 radical (unpaired) electrons. The summed E-state index contributed by atoms with van der Waals surface area (Å²) in [7, 11) is 1.57. The Balaban J connectivity index is 2.59. The summed E-state index contributed by atoms with van der Waals surface area (Å²) in [6, 6.07) is -0.322. The summed E-state index contributed by atoms with van der Waals surface area (Å²) in [5.41, 5.74) is 0. The number of amides is 3. The van der Waals surface area contributed by atoms with Gasteiger partial charge in [0.25, 0.3) is 0 Å². The van der Waals surface area contributed by atoms with Gasteiger partial charge >= 0.3 is 6.03 Å². The Bertz CT molecular complexity index is 229. The summed E-state index contributed by atoms with van der Waals surface area (Å²) < 4.78 is 0. The fourth-order valence-corrected chi connectivity index (χ4v) is 1.19. The van der Waals surface area contributed by atoms with Gasteiger partial charge in [0, 0.05) is 7.05 Å². The number of carbonyl (C=O) groups excluding carboxylic acids is 2. The number of rotatable bonds is 3. The van der Waals surface area contributed by atoms with Crippen LogP contribution in [0.15, 0.2) is 0 Å². The molecule has 1 saturated heterocycles. The van der Waals surface area contributed by atoms with Crippen LogP contribution in [0.2, 0.25) is 0 Å². The van der Waals surface area contributed by atoms with Crippen LogP contribution >= 0.6 is 0 Å². The largest absolute Gasteiger partial charge is 0.391 e. The van der Waals surface area contributed by atoms with Gasteiger partial charge in [-0.2, -0.15) is 0 Å². The summed E-state index contributed by atoms with van der Waals surface area (Å²) in [6.45, 7) is 2.03. The Morgan fingerprint density at radius 2 is 2.15 bits per heavy atom. The minimum absolute atomic E-state index is 0.110. The SMILES string of the molecule is CCC(O)CN1C(=O)CN(C)C1=O. The van der Waals surface area contributed by atoms with Crippen molar-refractivity contribution < 1.29 is 14.7 Å². The first-order valence-corrected chi connectivity index (χ1v) is 4.29. The molecule has 74 valence electrons. The number of urea groups is 1. The van der Waals surface area contributed by atoms with Crippen molar-refractivity contribution in [2.75, 3.05) is 20.1 Å². The Morgan fingerprint density at radius 1 is 1.54 bits per heavy atom. The highest BCUT2D eigenvalue weighted by atomic mass is 16.3. The molecular formula is C8H14N2O3. The third-order valence-electron chi connectivity index (χ3n) is 2.10. The minimum atomic E-state index is -0.612. The maximum atomic E-state index is 11.3. The first-order valence-electron chi connectivity index (χ1n) is 4.29. The van der Waals surface area contributed by atoms with Crippen molar-refractivity contribution in [2.45, 2.75) is 19.4 Å². The molecule has 1 aliphatic heterocycles. The van der Waals surface area contributed by atoms with Gasteiger partial charge in [0.2, 0.25) is 5.91 Å². The number of β-amino-alcohol motifs (C(OH)–C–C–N with tert-alkyl or cyclic N) is 1. The van der Waals surface area contributed by atoms with Crippen LogP contribution in [0, 0.1) is 0 Å². The number of hydrogen-bond acceptors (Lipinski definition) is 3. The summed E-state index contributed by atoms with van der Waals surface area (Å²) >= 11 is 0. The standard InChI is InChI=1S/C8H14N2O3/c1-3-6(11)4-10-7(12)5-9(2)8(10)13/h6,11H,3-5H2,1-2H3. The molecule has 0 bridgehead atoms. The Kier molecular flexibility index (Phi) is 2.87. The number of aliphatic hydroxyl groups excluding tert-OH is 1. The van der Waals surface area contributed by atoms with Crippen molar-refractivity contribution in [2.24, 2.45) is 0 Å². The first kappa shape index (κ1) is 9.98. The van der Waals surface area contributed by atoms with Crippen LogP contribution in [0.4, 0.5) is 4.79 Å². The summed E-state index contributed by atoms with van der Waals surface area (Å²) in [6.07, 6.45) is -0.0692. The molecule has 1 N–H and O–H groups in total. The number of nitrogens with zero attached hydrogens (tertiary/aromatic N) is 2. The van der Waals surface area contributed by atoms with E-state index in [1.807, 2.05) is 0 Å². The molecule has 13 heavy (non-hydrogen) atoms. The number of likely N-dealkylation sites (N-methyl/N-ethyl adjacent to an activating group) is 1. The second-order valence-electron chi connectivity index (χ2n) is 3.21. The van der Waals surface area contributed by atoms with Crippen molar-refractivity contribution >= 4 is 11.9 Å². The van der Waals surface area contributed by atoms with Crippen molar-refractivity contribution in [3.05, 3.63) is 0 Å². The van der Waals surface area contributed by atoms with Crippen molar-refractivity contribution in [3.63, 3.8) is 0 Å². The fourth-order valence-electron chi connectivity index (χ4n) is 1.19. The lowest BCUT2D eigenvalue weighted by molar-refractivity contribution is -0.126. The third kappa shape index (κ3) is 1.98. The van der Waals surface area contributed by atoms with Gasteiger partial charge in [-0.25, -0.2) is 4.79 Å². The maximum Gasteiger partial charge on any atom is 0.327 e. The summed E-state index contributed by atoms with van der Waals surface area (Å²) in [5.74, 6) is -0.236. The zero-order valence-corrected chi connectivity index (χ0v) is 7.86. The molecule has 1 atom stereocenters. The zero-order valence-electron chi connectivity index (χ0n) is 7.86. The number of carbonyl (C=O) groups is 2. The molecule has 0 aromatic carbocycles. The van der Waals surface area contributed by atoms with Crippen LogP contribution < -0.4 is 0 Å². The van der Waals surface area contributed by atoms with Gasteiger partial charge in [0.1, 0.15) is 6.54 Å². The predicted octanol–water partition coefficient (Wildman–Crippen LogP) is -0.349. The van der Waals surface area contributed by atoms with E-state index in [4.69, 9.17) is 0 Å². The van der Waals surface area contributed by atoms with E-state index in [1.165, 1.54) is 4.90 Å². The van der Waals surface area contributed by atoms with E-state index >= 15 is 0 Å². The van der Waals surface area contributed by atoms with Crippen molar-refractivity contribution in [1.29, 1.82) is 0 Å². The molecular weight excluding hydrogens is 172 g/mol. The topological polar surface area (TPSA) is 60.9 Å². The second kappa shape index (κ2) is 3.74. The van der Waals surface area contributed by atoms with Gasteiger partial charge in [0.15, 0.2) is 0 Å². The van der Waals surface area contributed by atoms with E-state index in [0.29, 0.717) is 6.42 Å². The van der Waals surface area contributed by atoms with E-state index in [0.717, 1.165) is 4.90 Å². The van der Waals surface area contributed by atoms with Gasteiger partial charge in [-0.15, -0.1) is 0 Å². The van der Waals surface area contributed by atoms with E-state index in [9.17, 15) is 14.7 Å². The molecule has 0 aliphatic carbocycles. The Hall–Kier alpha value is -1.10. The number of imide groups is 1. The van der Waals surface area contributed by atoms with Crippen molar-refractivity contribution in [1.82, 2.24) is 9.80 Å². The Morgan fingerprint density at radius 3 is 2.54 bits per heavy atom. The highest BCUT2D eigenvalue weighted by Gasteiger charge is 2.34. The van der Waals surface area contributed by atoms with Gasteiger partial charge < -0.3 is 10.0 Å². The first-order chi connectivity index (χ1) is 6.06. The van der Waals surface area contributed by atoms with Gasteiger partial charge in [0.05, 0.1) is 12.6 Å². The summed E-state index contributed by atoms with van der Waals surface area (Å²) in [5, 5.41) is 9.28. The molecule has 0 aromatic heterocycles. The van der Waals surface area contributed by atoms with Crippen molar-refractivity contribution in [3.8, 4) is 0 Å². The van der Waals surface area contributed by atoms with Gasteiger partial charge in [-0.3, -0.25) is 9.69 Å². The average Bonchev–Trinajstić information content (AvgIpc) is 2.32. The molecule has 1 fully saturated rings. The average molecular weight is 186 g/mol. The lowest BCUT2D eigenvalue weighted by Gasteiger charge is -2.16. The molecule has 1 aliphatic rings. The van der Waals surface area contributed by atoms with Crippen LogP contribution in [-0.4, -0.2) is 53.1 Å². The second-order valence-corrected chi connectivity index (χ2v) is 3.21. The van der Waals surface area contributed by atoms with Crippen LogP contribution in [0.5, 0.6) is 0 Å². The van der Waals surface area contributed by atoms with Crippen LogP contribution in [0.1, 0.15) is 13.3 Å². The molecule has 1 unspecified atom stereocenters. The van der Waals surface area contributed by atoms with Crippen LogP contribution in [0.3, 0.4) is 0 Å². The van der Waals surface area contributed by atoms with Gasteiger partial charge in [-0.05, 0) is 6.42 Å². The van der Waals surface area contributed by atoms with Crippen LogP contribution in [-0.2, 0) is 4.79 Å². The number of hydrogen-bond donors (Lipinski definition) is 1. The molecule has 0 saturated carbocycles. The minimum Gasteiger partial charge on any atom is -0.391 e. The van der Waals surface area contributed by atoms with E-state index < -0.39 is 6.10 Å². The quantitative estimate of drug-likeness (QED) is 0.613. The highest BCUT2D eigenvalue weighted by molar-refractivity contribution is 6.01. The molecule has 5 nitrogen and oxygen atoms in total. The number of aliphatic hydroxyl groups is 1. The highest BCUT2D eigenvalue weighted by Crippen LogP contribution is 2.09.